The van der Waals surface area contributed by atoms with E-state index in [-0.39, 0.29) is 24.1 Å². The number of amides is 1. The van der Waals surface area contributed by atoms with Crippen molar-refractivity contribution in [2.75, 3.05) is 13.6 Å². The van der Waals surface area contributed by atoms with E-state index >= 15 is 0 Å². The van der Waals surface area contributed by atoms with E-state index in [9.17, 15) is 20.1 Å². The quantitative estimate of drug-likeness (QED) is 0.607. The topological polar surface area (TPSA) is 93.0 Å². The molecule has 1 aliphatic heterocycles. The Morgan fingerprint density at radius 2 is 1.87 bits per heavy atom. The summed E-state index contributed by atoms with van der Waals surface area (Å²) in [5, 5.41) is 36.6. The fourth-order valence-electron chi connectivity index (χ4n) is 5.75. The maximum atomic E-state index is 12.8. The van der Waals surface area contributed by atoms with Crippen LogP contribution in [0.15, 0.2) is 48.5 Å². The molecular formula is C25H32N2O4. The molecule has 0 unspecified atom stereocenters. The number of carbonyl (C=O) groups is 1. The maximum Gasteiger partial charge on any atom is 0.251 e. The first kappa shape index (κ1) is 21.8. The van der Waals surface area contributed by atoms with Crippen LogP contribution in [0.4, 0.5) is 0 Å². The van der Waals surface area contributed by atoms with Crippen LogP contribution in [0.2, 0.25) is 0 Å². The van der Waals surface area contributed by atoms with E-state index in [0.29, 0.717) is 18.4 Å². The lowest BCUT2D eigenvalue weighted by Gasteiger charge is -2.62. The number of aromatic hydroxyl groups is 1. The lowest BCUT2D eigenvalue weighted by atomic mass is 9.52. The molecular weight excluding hydrogens is 392 g/mol. The second-order valence-corrected chi connectivity index (χ2v) is 9.33. The van der Waals surface area contributed by atoms with Crippen LogP contribution in [0.5, 0.6) is 5.75 Å². The molecule has 2 fully saturated rings. The van der Waals surface area contributed by atoms with Gasteiger partial charge in [0, 0.05) is 23.4 Å². The van der Waals surface area contributed by atoms with Crippen LogP contribution >= 0.6 is 0 Å². The van der Waals surface area contributed by atoms with Gasteiger partial charge in [0.15, 0.2) is 0 Å². The number of likely N-dealkylation sites (tertiary alicyclic amines) is 1. The van der Waals surface area contributed by atoms with Crippen LogP contribution in [0, 0.1) is 6.92 Å². The third-order valence-electron chi connectivity index (χ3n) is 7.71. The Hall–Kier alpha value is -2.41. The molecule has 4 rings (SSSR count). The predicted molar refractivity (Wildman–Crippen MR) is 119 cm³/mol. The number of phenolic OH excluding ortho intramolecular Hbond substituents is 1. The summed E-state index contributed by atoms with van der Waals surface area (Å²) < 4.78 is 0. The van der Waals surface area contributed by atoms with Crippen molar-refractivity contribution in [1.29, 1.82) is 0 Å². The Morgan fingerprint density at radius 1 is 1.16 bits per heavy atom. The highest BCUT2D eigenvalue weighted by atomic mass is 16.3. The van der Waals surface area contributed by atoms with Crippen molar-refractivity contribution in [2.45, 2.75) is 62.3 Å². The fourth-order valence-corrected chi connectivity index (χ4v) is 5.75. The Bertz CT molecular complexity index is 965. The molecule has 5 atom stereocenters. The van der Waals surface area contributed by atoms with Crippen LogP contribution in [0.1, 0.15) is 47.7 Å². The van der Waals surface area contributed by atoms with Crippen molar-refractivity contribution in [1.82, 2.24) is 10.2 Å². The second kappa shape index (κ2) is 7.93. The maximum absolute atomic E-state index is 12.8. The van der Waals surface area contributed by atoms with E-state index < -0.39 is 23.2 Å². The fraction of sp³-hybridized carbons (Fsp3) is 0.480. The van der Waals surface area contributed by atoms with Gasteiger partial charge in [0.25, 0.3) is 5.91 Å². The van der Waals surface area contributed by atoms with Gasteiger partial charge in [-0.3, -0.25) is 4.79 Å². The third kappa shape index (κ3) is 3.53. The van der Waals surface area contributed by atoms with Crippen LogP contribution in [0.25, 0.3) is 0 Å². The number of piperidine rings is 1. The van der Waals surface area contributed by atoms with Crippen LogP contribution < -0.4 is 5.32 Å². The Kier molecular flexibility index (Phi) is 5.58. The summed E-state index contributed by atoms with van der Waals surface area (Å²) >= 11 is 0. The monoisotopic (exact) mass is 424 g/mol. The molecule has 2 aliphatic rings. The number of rotatable bonds is 3. The molecule has 1 amide bonds. The number of carbonyl (C=O) groups excluding carboxylic acids is 1. The van der Waals surface area contributed by atoms with E-state index in [1.807, 2.05) is 33.0 Å². The molecule has 166 valence electrons. The number of aliphatic hydroxyl groups is 2. The second-order valence-electron chi connectivity index (χ2n) is 9.33. The van der Waals surface area contributed by atoms with Gasteiger partial charge in [0.05, 0.1) is 17.7 Å². The number of phenols is 1. The zero-order valence-electron chi connectivity index (χ0n) is 18.4. The van der Waals surface area contributed by atoms with E-state index in [4.69, 9.17) is 0 Å². The predicted octanol–water partition coefficient (Wildman–Crippen LogP) is 2.35. The number of hydrogen-bond donors (Lipinski definition) is 4. The lowest BCUT2D eigenvalue weighted by molar-refractivity contribution is -0.173. The van der Waals surface area contributed by atoms with Gasteiger partial charge in [-0.15, -0.1) is 0 Å². The molecule has 0 spiro atoms. The molecule has 1 aliphatic carbocycles. The first-order chi connectivity index (χ1) is 14.7. The smallest absolute Gasteiger partial charge is 0.251 e. The van der Waals surface area contributed by atoms with Gasteiger partial charge in [-0.05, 0) is 75.7 Å². The van der Waals surface area contributed by atoms with Crippen molar-refractivity contribution in [3.05, 3.63) is 65.2 Å². The van der Waals surface area contributed by atoms with Crippen LogP contribution in [-0.4, -0.2) is 63.5 Å². The Balaban J connectivity index is 1.73. The molecule has 1 saturated carbocycles. The summed E-state index contributed by atoms with van der Waals surface area (Å²) in [7, 11) is 1.99. The molecule has 2 aromatic rings. The molecule has 1 saturated heterocycles. The molecule has 1 heterocycles. The SMILES string of the molecule is Cc1ccc(O)cc1[C@]12CCN(C)[C@H](C)[C@]1(O)C[C@H](NC(=O)c1ccccc1)[C@H](O)C2. The molecule has 4 N–H and O–H groups in total. The van der Waals surface area contributed by atoms with Gasteiger partial charge >= 0.3 is 0 Å². The highest BCUT2D eigenvalue weighted by Gasteiger charge is 2.62. The van der Waals surface area contributed by atoms with E-state index in [1.54, 1.807) is 36.4 Å². The van der Waals surface area contributed by atoms with Gasteiger partial charge in [0.1, 0.15) is 5.75 Å². The standard InChI is InChI=1S/C25H32N2O4/c1-16-9-10-19(28)13-20(16)24-11-12-27(3)17(2)25(24,31)14-21(22(29)15-24)26-23(30)18-7-5-4-6-8-18/h4-10,13,17,21-22,28-29,31H,11-12,14-15H2,1-3H3,(H,26,30)/t17-,21+,22-,24-,25-/m1/s1. The summed E-state index contributed by atoms with van der Waals surface area (Å²) in [4.78, 5) is 14.9. The molecule has 0 bridgehead atoms. The van der Waals surface area contributed by atoms with E-state index in [0.717, 1.165) is 17.7 Å². The number of aliphatic hydroxyl groups excluding tert-OH is 1. The van der Waals surface area contributed by atoms with Crippen LogP contribution in [-0.2, 0) is 5.41 Å². The highest BCUT2D eigenvalue weighted by Crippen LogP contribution is 2.54. The average Bonchev–Trinajstić information content (AvgIpc) is 2.75. The molecule has 31 heavy (non-hydrogen) atoms. The minimum atomic E-state index is -1.19. The van der Waals surface area contributed by atoms with Gasteiger partial charge < -0.3 is 25.5 Å². The number of benzene rings is 2. The third-order valence-corrected chi connectivity index (χ3v) is 7.71. The van der Waals surface area contributed by atoms with Crippen molar-refractivity contribution in [2.24, 2.45) is 0 Å². The lowest BCUT2D eigenvalue weighted by Crippen LogP contribution is -2.73. The number of likely N-dealkylation sites (N-methyl/N-ethyl adjacent to an activating group) is 1. The highest BCUT2D eigenvalue weighted by molar-refractivity contribution is 5.94. The number of hydrogen-bond acceptors (Lipinski definition) is 5. The van der Waals surface area contributed by atoms with Crippen molar-refractivity contribution >= 4 is 5.91 Å². The number of nitrogens with one attached hydrogen (secondary N) is 1. The van der Waals surface area contributed by atoms with Crippen molar-refractivity contribution in [3.8, 4) is 5.75 Å². The molecule has 6 heteroatoms. The van der Waals surface area contributed by atoms with E-state index in [2.05, 4.69) is 10.2 Å². The number of nitrogens with zero attached hydrogens (tertiary/aromatic N) is 1. The number of fused-ring (bicyclic) bond motifs is 1. The first-order valence-corrected chi connectivity index (χ1v) is 10.9. The van der Waals surface area contributed by atoms with Gasteiger partial charge in [-0.2, -0.15) is 0 Å². The number of aryl methyl sites for hydroxylation is 1. The summed E-state index contributed by atoms with van der Waals surface area (Å²) in [6.45, 7) is 4.74. The zero-order valence-corrected chi connectivity index (χ0v) is 18.4. The summed E-state index contributed by atoms with van der Waals surface area (Å²) in [6, 6.07) is 13.4. The van der Waals surface area contributed by atoms with Gasteiger partial charge in [-0.25, -0.2) is 0 Å². The average molecular weight is 425 g/mol. The van der Waals surface area contributed by atoms with E-state index in [1.165, 1.54) is 0 Å². The Labute approximate surface area is 183 Å². The minimum absolute atomic E-state index is 0.151. The molecule has 6 nitrogen and oxygen atoms in total. The summed E-state index contributed by atoms with van der Waals surface area (Å²) in [5.41, 5.74) is 0.478. The van der Waals surface area contributed by atoms with Crippen molar-refractivity contribution < 1.29 is 20.1 Å². The van der Waals surface area contributed by atoms with Gasteiger partial charge in [-0.1, -0.05) is 24.3 Å². The minimum Gasteiger partial charge on any atom is -0.508 e. The molecule has 0 aromatic heterocycles. The zero-order chi connectivity index (χ0) is 22.4. The summed E-state index contributed by atoms with van der Waals surface area (Å²) in [6.07, 6.45) is 0.384. The van der Waals surface area contributed by atoms with Gasteiger partial charge in [0.2, 0.25) is 0 Å². The molecule has 2 aromatic carbocycles. The van der Waals surface area contributed by atoms with Crippen LogP contribution in [0.3, 0.4) is 0 Å². The normalized spacial score (nSPS) is 33.5. The summed E-state index contributed by atoms with van der Waals surface area (Å²) in [5.74, 6) is -0.107. The Morgan fingerprint density at radius 3 is 2.58 bits per heavy atom. The molecule has 0 radical (unpaired) electrons. The largest absolute Gasteiger partial charge is 0.508 e. The van der Waals surface area contributed by atoms with Crippen molar-refractivity contribution in [3.63, 3.8) is 0 Å². The first-order valence-electron chi connectivity index (χ1n) is 10.9.